The van der Waals surface area contributed by atoms with E-state index in [9.17, 15) is 0 Å². The van der Waals surface area contributed by atoms with E-state index < -0.39 is 0 Å². The molecule has 2 nitrogen and oxygen atoms in total. The third-order valence-corrected chi connectivity index (χ3v) is 3.40. The second kappa shape index (κ2) is 6.60. The first-order valence-electron chi connectivity index (χ1n) is 6.37. The van der Waals surface area contributed by atoms with Gasteiger partial charge in [0.05, 0.1) is 6.04 Å². The lowest BCUT2D eigenvalue weighted by molar-refractivity contribution is 0.312. The molecule has 1 atom stereocenters. The predicted molar refractivity (Wildman–Crippen MR) is 82.8 cm³/mol. The van der Waals surface area contributed by atoms with Crippen molar-refractivity contribution in [1.29, 1.82) is 0 Å². The lowest BCUT2D eigenvalue weighted by Gasteiger charge is -2.25. The Morgan fingerprint density at radius 3 is 2.21 bits per heavy atom. The average molecular weight is 275 g/mol. The molecule has 1 unspecified atom stereocenters. The standard InChI is InChI=1S/C16H19ClN2/c1-19(2)16(13-8-10-14(17)11-9-13)12-18-15-6-4-3-5-7-15/h3-11,16,18H,12H2,1-2H3. The quantitative estimate of drug-likeness (QED) is 0.885. The molecule has 1 N–H and O–H groups in total. The van der Waals surface area contributed by atoms with Gasteiger partial charge in [-0.25, -0.2) is 0 Å². The van der Waals surface area contributed by atoms with Crippen LogP contribution < -0.4 is 5.32 Å². The van der Waals surface area contributed by atoms with E-state index in [1.54, 1.807) is 0 Å². The number of nitrogens with zero attached hydrogens (tertiary/aromatic N) is 1. The Kier molecular flexibility index (Phi) is 4.83. The molecule has 0 aliphatic rings. The van der Waals surface area contributed by atoms with Crippen molar-refractivity contribution in [3.63, 3.8) is 0 Å². The maximum Gasteiger partial charge on any atom is 0.0515 e. The van der Waals surface area contributed by atoms with E-state index >= 15 is 0 Å². The summed E-state index contributed by atoms with van der Waals surface area (Å²) < 4.78 is 0. The first kappa shape index (κ1) is 13.9. The van der Waals surface area contributed by atoms with Gasteiger partial charge in [0.1, 0.15) is 0 Å². The molecular weight excluding hydrogens is 256 g/mol. The molecule has 0 saturated heterocycles. The molecule has 0 amide bonds. The zero-order valence-electron chi connectivity index (χ0n) is 11.3. The number of nitrogens with one attached hydrogen (secondary N) is 1. The van der Waals surface area contributed by atoms with Gasteiger partial charge in [0.2, 0.25) is 0 Å². The van der Waals surface area contributed by atoms with Gasteiger partial charge in [-0.1, -0.05) is 41.9 Å². The summed E-state index contributed by atoms with van der Waals surface area (Å²) in [5.74, 6) is 0. The molecule has 2 aromatic carbocycles. The highest BCUT2D eigenvalue weighted by Gasteiger charge is 2.13. The first-order valence-corrected chi connectivity index (χ1v) is 6.75. The van der Waals surface area contributed by atoms with Gasteiger partial charge in [0.25, 0.3) is 0 Å². The van der Waals surface area contributed by atoms with Crippen LogP contribution in [0.4, 0.5) is 5.69 Å². The van der Waals surface area contributed by atoms with Gasteiger partial charge in [-0.15, -0.1) is 0 Å². The molecule has 0 bridgehead atoms. The van der Waals surface area contributed by atoms with Crippen molar-refractivity contribution in [2.45, 2.75) is 6.04 Å². The number of halogens is 1. The third-order valence-electron chi connectivity index (χ3n) is 3.15. The van der Waals surface area contributed by atoms with Gasteiger partial charge in [-0.05, 0) is 43.9 Å². The Labute approximate surface area is 120 Å². The largest absolute Gasteiger partial charge is 0.383 e. The molecule has 0 radical (unpaired) electrons. The molecule has 0 heterocycles. The number of para-hydroxylation sites is 1. The fourth-order valence-corrected chi connectivity index (χ4v) is 2.18. The summed E-state index contributed by atoms with van der Waals surface area (Å²) in [4.78, 5) is 2.21. The molecule has 0 aliphatic carbocycles. The zero-order chi connectivity index (χ0) is 13.7. The number of likely N-dealkylation sites (N-methyl/N-ethyl adjacent to an activating group) is 1. The topological polar surface area (TPSA) is 15.3 Å². The van der Waals surface area contributed by atoms with Gasteiger partial charge < -0.3 is 10.2 Å². The SMILES string of the molecule is CN(C)C(CNc1ccccc1)c1ccc(Cl)cc1. The minimum absolute atomic E-state index is 0.317. The zero-order valence-corrected chi connectivity index (χ0v) is 12.1. The van der Waals surface area contributed by atoms with E-state index in [1.165, 1.54) is 5.56 Å². The van der Waals surface area contributed by atoms with Crippen molar-refractivity contribution in [3.05, 3.63) is 65.2 Å². The monoisotopic (exact) mass is 274 g/mol. The highest BCUT2D eigenvalue weighted by molar-refractivity contribution is 6.30. The first-order chi connectivity index (χ1) is 9.16. The van der Waals surface area contributed by atoms with Crippen LogP contribution in [0.15, 0.2) is 54.6 Å². The Bertz CT molecular complexity index is 494. The van der Waals surface area contributed by atoms with Crippen LogP contribution in [0.1, 0.15) is 11.6 Å². The molecule has 2 aromatic rings. The predicted octanol–water partition coefficient (Wildman–Crippen LogP) is 4.05. The van der Waals surface area contributed by atoms with Gasteiger partial charge in [0, 0.05) is 17.3 Å². The number of benzene rings is 2. The summed E-state index contributed by atoms with van der Waals surface area (Å²) in [6, 6.07) is 18.6. The maximum absolute atomic E-state index is 5.94. The Balaban J connectivity index is 2.06. The van der Waals surface area contributed by atoms with Crippen molar-refractivity contribution >= 4 is 17.3 Å². The fourth-order valence-electron chi connectivity index (χ4n) is 2.05. The number of hydrogen-bond donors (Lipinski definition) is 1. The molecule has 0 saturated carbocycles. The van der Waals surface area contributed by atoms with Crippen LogP contribution in [-0.4, -0.2) is 25.5 Å². The van der Waals surface area contributed by atoms with Gasteiger partial charge in [-0.2, -0.15) is 0 Å². The molecule has 0 spiro atoms. The summed E-state index contributed by atoms with van der Waals surface area (Å²) >= 11 is 5.94. The lowest BCUT2D eigenvalue weighted by Crippen LogP contribution is -2.26. The van der Waals surface area contributed by atoms with Gasteiger partial charge in [-0.3, -0.25) is 0 Å². The Hall–Kier alpha value is -1.51. The summed E-state index contributed by atoms with van der Waals surface area (Å²) in [5.41, 5.74) is 2.40. The Morgan fingerprint density at radius 1 is 1.00 bits per heavy atom. The van der Waals surface area contributed by atoms with E-state index in [0.29, 0.717) is 6.04 Å². The van der Waals surface area contributed by atoms with E-state index in [0.717, 1.165) is 17.3 Å². The summed E-state index contributed by atoms with van der Waals surface area (Å²) in [7, 11) is 4.18. The molecule has 0 aromatic heterocycles. The van der Waals surface area contributed by atoms with E-state index in [2.05, 4.69) is 48.6 Å². The van der Waals surface area contributed by atoms with Crippen LogP contribution in [0.3, 0.4) is 0 Å². The summed E-state index contributed by atoms with van der Waals surface area (Å²) in [5, 5.41) is 4.24. The molecule has 19 heavy (non-hydrogen) atoms. The fraction of sp³-hybridized carbons (Fsp3) is 0.250. The molecule has 3 heteroatoms. The minimum Gasteiger partial charge on any atom is -0.383 e. The Morgan fingerprint density at radius 2 is 1.63 bits per heavy atom. The second-order valence-corrected chi connectivity index (χ2v) is 5.21. The van der Waals surface area contributed by atoms with Crippen molar-refractivity contribution in [2.75, 3.05) is 26.0 Å². The van der Waals surface area contributed by atoms with Crippen molar-refractivity contribution in [2.24, 2.45) is 0 Å². The van der Waals surface area contributed by atoms with Crippen molar-refractivity contribution < 1.29 is 0 Å². The van der Waals surface area contributed by atoms with Crippen LogP contribution >= 0.6 is 11.6 Å². The summed E-state index contributed by atoms with van der Waals surface area (Å²) in [6.07, 6.45) is 0. The average Bonchev–Trinajstić information content (AvgIpc) is 2.42. The van der Waals surface area contributed by atoms with Crippen LogP contribution in [-0.2, 0) is 0 Å². The molecular formula is C16H19ClN2. The smallest absolute Gasteiger partial charge is 0.0515 e. The lowest BCUT2D eigenvalue weighted by atomic mass is 10.1. The van der Waals surface area contributed by atoms with Crippen LogP contribution in [0.2, 0.25) is 5.02 Å². The third kappa shape index (κ3) is 3.98. The van der Waals surface area contributed by atoms with Crippen molar-refractivity contribution in [3.8, 4) is 0 Å². The van der Waals surface area contributed by atoms with E-state index in [4.69, 9.17) is 11.6 Å². The number of rotatable bonds is 5. The summed E-state index contributed by atoms with van der Waals surface area (Å²) in [6.45, 7) is 0.860. The molecule has 2 rings (SSSR count). The minimum atomic E-state index is 0.317. The van der Waals surface area contributed by atoms with E-state index in [1.807, 2.05) is 30.3 Å². The highest BCUT2D eigenvalue weighted by Crippen LogP contribution is 2.21. The van der Waals surface area contributed by atoms with Gasteiger partial charge >= 0.3 is 0 Å². The maximum atomic E-state index is 5.94. The highest BCUT2D eigenvalue weighted by atomic mass is 35.5. The van der Waals surface area contributed by atoms with Crippen LogP contribution in [0, 0.1) is 0 Å². The van der Waals surface area contributed by atoms with Crippen LogP contribution in [0.25, 0.3) is 0 Å². The number of hydrogen-bond acceptors (Lipinski definition) is 2. The van der Waals surface area contributed by atoms with Crippen molar-refractivity contribution in [1.82, 2.24) is 4.90 Å². The normalized spacial score (nSPS) is 12.4. The van der Waals surface area contributed by atoms with E-state index in [-0.39, 0.29) is 0 Å². The van der Waals surface area contributed by atoms with Gasteiger partial charge in [0.15, 0.2) is 0 Å². The second-order valence-electron chi connectivity index (χ2n) is 4.78. The molecule has 0 fully saturated rings. The molecule has 100 valence electrons. The van der Waals surface area contributed by atoms with Crippen LogP contribution in [0.5, 0.6) is 0 Å². The number of anilines is 1. The molecule has 0 aliphatic heterocycles.